The van der Waals surface area contributed by atoms with Crippen LogP contribution in [0.5, 0.6) is 5.75 Å². The highest BCUT2D eigenvalue weighted by molar-refractivity contribution is 5.71. The molecule has 0 N–H and O–H groups in total. The van der Waals surface area contributed by atoms with E-state index < -0.39 is 0 Å². The van der Waals surface area contributed by atoms with Crippen LogP contribution < -0.4 is 4.74 Å². The Morgan fingerprint density at radius 2 is 2.27 bits per heavy atom. The third-order valence-electron chi connectivity index (χ3n) is 2.69. The Balaban J connectivity index is 2.32. The molecule has 0 saturated carbocycles. The lowest BCUT2D eigenvalue weighted by molar-refractivity contribution is 0.373. The van der Waals surface area contributed by atoms with Gasteiger partial charge in [0.05, 0.1) is 7.11 Å². The average Bonchev–Trinajstić information content (AvgIpc) is 2.64. The maximum atomic E-state index is 5.39. The van der Waals surface area contributed by atoms with E-state index in [0.29, 0.717) is 5.92 Å². The third-order valence-corrected chi connectivity index (χ3v) is 2.69. The fourth-order valence-electron chi connectivity index (χ4n) is 1.88. The Labute approximate surface area is 90.4 Å². The van der Waals surface area contributed by atoms with Crippen LogP contribution in [0.25, 0.3) is 0 Å². The fraction of sp³-hybridized carbons (Fsp3) is 0.417. The van der Waals surface area contributed by atoms with Crippen LogP contribution in [0.4, 0.5) is 0 Å². The molecular weight excluding hydrogens is 188 g/mol. The largest absolute Gasteiger partial charge is 0.496 e. The van der Waals surface area contributed by atoms with Crippen molar-refractivity contribution in [2.24, 2.45) is 5.10 Å². The van der Waals surface area contributed by atoms with Crippen molar-refractivity contribution in [2.75, 3.05) is 20.7 Å². The number of likely N-dealkylation sites (N-methyl/N-ethyl adjacent to an activating group) is 1. The van der Waals surface area contributed by atoms with Crippen molar-refractivity contribution in [2.45, 2.75) is 12.8 Å². The molecule has 0 radical (unpaired) electrons. The smallest absolute Gasteiger partial charge is 0.123 e. The lowest BCUT2D eigenvalue weighted by Crippen LogP contribution is -2.12. The van der Waals surface area contributed by atoms with Crippen LogP contribution in [-0.2, 0) is 0 Å². The molecule has 0 bridgehead atoms. The Hall–Kier alpha value is -1.51. The van der Waals surface area contributed by atoms with E-state index in [0.717, 1.165) is 12.3 Å². The molecule has 0 fully saturated rings. The second kappa shape index (κ2) is 3.93. The van der Waals surface area contributed by atoms with Crippen LogP contribution in [0.3, 0.4) is 0 Å². The second-order valence-corrected chi connectivity index (χ2v) is 3.96. The van der Waals surface area contributed by atoms with Crippen LogP contribution >= 0.6 is 0 Å². The normalized spacial score (nSPS) is 19.7. The molecule has 80 valence electrons. The Morgan fingerprint density at radius 3 is 2.87 bits per heavy atom. The van der Waals surface area contributed by atoms with Gasteiger partial charge in [-0.1, -0.05) is 12.1 Å². The van der Waals surface area contributed by atoms with Gasteiger partial charge in [0.15, 0.2) is 0 Å². The van der Waals surface area contributed by atoms with E-state index >= 15 is 0 Å². The highest BCUT2D eigenvalue weighted by atomic mass is 16.5. The minimum atomic E-state index is 0.352. The predicted molar refractivity (Wildman–Crippen MR) is 61.6 cm³/mol. The summed E-state index contributed by atoms with van der Waals surface area (Å²) in [7, 11) is 3.70. The van der Waals surface area contributed by atoms with Crippen LogP contribution in [0, 0.1) is 6.92 Å². The Bertz CT molecular complexity index is 387. The van der Waals surface area contributed by atoms with Crippen LogP contribution in [0.2, 0.25) is 0 Å². The molecular formula is C12H16N2O. The van der Waals surface area contributed by atoms with Crippen LogP contribution in [-0.4, -0.2) is 31.9 Å². The molecule has 1 aliphatic heterocycles. The van der Waals surface area contributed by atoms with Crippen molar-refractivity contribution < 1.29 is 4.74 Å². The SMILES string of the molecule is COc1cc(C)ccc1C1C=NN(C)C1. The Morgan fingerprint density at radius 1 is 1.47 bits per heavy atom. The van der Waals surface area contributed by atoms with Gasteiger partial charge in [-0.3, -0.25) is 5.01 Å². The number of methoxy groups -OCH3 is 1. The monoisotopic (exact) mass is 204 g/mol. The van der Waals surface area contributed by atoms with Gasteiger partial charge < -0.3 is 4.74 Å². The molecule has 15 heavy (non-hydrogen) atoms. The number of hydrogen-bond donors (Lipinski definition) is 0. The molecule has 1 atom stereocenters. The molecule has 0 aromatic heterocycles. The van der Waals surface area contributed by atoms with E-state index in [2.05, 4.69) is 30.2 Å². The number of benzene rings is 1. The highest BCUT2D eigenvalue weighted by Crippen LogP contribution is 2.29. The van der Waals surface area contributed by atoms with Crippen LogP contribution in [0.1, 0.15) is 17.0 Å². The minimum Gasteiger partial charge on any atom is -0.496 e. The summed E-state index contributed by atoms with van der Waals surface area (Å²) in [5.41, 5.74) is 2.44. The molecule has 0 amide bonds. The number of ether oxygens (including phenoxy) is 1. The van der Waals surface area contributed by atoms with E-state index in [9.17, 15) is 0 Å². The molecule has 0 spiro atoms. The number of aryl methyl sites for hydroxylation is 1. The molecule has 3 nitrogen and oxygen atoms in total. The highest BCUT2D eigenvalue weighted by Gasteiger charge is 2.19. The molecule has 1 aromatic carbocycles. The molecule has 1 aromatic rings. The van der Waals surface area contributed by atoms with Gasteiger partial charge in [-0.15, -0.1) is 0 Å². The summed E-state index contributed by atoms with van der Waals surface area (Å²) in [4.78, 5) is 0. The van der Waals surface area contributed by atoms with Gasteiger partial charge in [0.1, 0.15) is 5.75 Å². The first-order valence-corrected chi connectivity index (χ1v) is 5.10. The first-order valence-electron chi connectivity index (χ1n) is 5.10. The second-order valence-electron chi connectivity index (χ2n) is 3.96. The van der Waals surface area contributed by atoms with E-state index in [-0.39, 0.29) is 0 Å². The maximum absolute atomic E-state index is 5.39. The van der Waals surface area contributed by atoms with Gasteiger partial charge in [-0.05, 0) is 18.6 Å². The molecule has 0 aliphatic carbocycles. The summed E-state index contributed by atoms with van der Waals surface area (Å²) in [5, 5.41) is 6.19. The third kappa shape index (κ3) is 1.96. The van der Waals surface area contributed by atoms with Gasteiger partial charge in [-0.2, -0.15) is 5.10 Å². The van der Waals surface area contributed by atoms with Crippen molar-refractivity contribution in [1.29, 1.82) is 0 Å². The number of hydrogen-bond acceptors (Lipinski definition) is 3. The molecule has 0 saturated heterocycles. The maximum Gasteiger partial charge on any atom is 0.123 e. The van der Waals surface area contributed by atoms with Gasteiger partial charge in [0, 0.05) is 31.3 Å². The first kappa shape index (κ1) is 10.0. The van der Waals surface area contributed by atoms with E-state index in [4.69, 9.17) is 4.74 Å². The zero-order valence-corrected chi connectivity index (χ0v) is 9.40. The van der Waals surface area contributed by atoms with Gasteiger partial charge in [0.25, 0.3) is 0 Å². The van der Waals surface area contributed by atoms with Gasteiger partial charge >= 0.3 is 0 Å². The van der Waals surface area contributed by atoms with Crippen LogP contribution in [0.15, 0.2) is 23.3 Å². The van der Waals surface area contributed by atoms with Crippen molar-refractivity contribution in [3.8, 4) is 5.75 Å². The van der Waals surface area contributed by atoms with Crippen molar-refractivity contribution in [1.82, 2.24) is 5.01 Å². The lowest BCUT2D eigenvalue weighted by atomic mass is 9.98. The van der Waals surface area contributed by atoms with Gasteiger partial charge in [-0.25, -0.2) is 0 Å². The Kier molecular flexibility index (Phi) is 2.62. The molecule has 1 unspecified atom stereocenters. The average molecular weight is 204 g/mol. The fourth-order valence-corrected chi connectivity index (χ4v) is 1.88. The lowest BCUT2D eigenvalue weighted by Gasteiger charge is -2.14. The summed E-state index contributed by atoms with van der Waals surface area (Å²) >= 11 is 0. The van der Waals surface area contributed by atoms with Gasteiger partial charge in [0.2, 0.25) is 0 Å². The van der Waals surface area contributed by atoms with Crippen molar-refractivity contribution in [3.05, 3.63) is 29.3 Å². The topological polar surface area (TPSA) is 24.8 Å². The summed E-state index contributed by atoms with van der Waals surface area (Å²) in [5.74, 6) is 1.31. The zero-order chi connectivity index (χ0) is 10.8. The van der Waals surface area contributed by atoms with Crippen molar-refractivity contribution >= 4 is 6.21 Å². The first-order chi connectivity index (χ1) is 7.20. The van der Waals surface area contributed by atoms with E-state index in [1.807, 2.05) is 18.3 Å². The number of nitrogens with zero attached hydrogens (tertiary/aromatic N) is 2. The summed E-state index contributed by atoms with van der Waals surface area (Å²) in [6.07, 6.45) is 1.98. The molecule has 1 heterocycles. The van der Waals surface area contributed by atoms with Crippen molar-refractivity contribution in [3.63, 3.8) is 0 Å². The predicted octanol–water partition coefficient (Wildman–Crippen LogP) is 2.02. The molecule has 2 rings (SSSR count). The number of hydrazone groups is 1. The molecule has 1 aliphatic rings. The quantitative estimate of drug-likeness (QED) is 0.736. The van der Waals surface area contributed by atoms with E-state index in [1.165, 1.54) is 11.1 Å². The van der Waals surface area contributed by atoms with E-state index in [1.54, 1.807) is 7.11 Å². The summed E-state index contributed by atoms with van der Waals surface area (Å²) in [6.45, 7) is 3.00. The minimum absolute atomic E-state index is 0.352. The zero-order valence-electron chi connectivity index (χ0n) is 9.40. The summed E-state index contributed by atoms with van der Waals surface area (Å²) < 4.78 is 5.39. The standard InChI is InChI=1S/C12H16N2O/c1-9-4-5-11(12(6-9)15-3)10-7-13-14(2)8-10/h4-7,10H,8H2,1-3H3. The molecule has 3 heteroatoms. The number of rotatable bonds is 2. The summed E-state index contributed by atoms with van der Waals surface area (Å²) in [6, 6.07) is 6.32.